The lowest BCUT2D eigenvalue weighted by atomic mass is 9.92. The fraction of sp³-hybridized carbons (Fsp3) is 0.462. The molecule has 2 aromatic carbocycles. The van der Waals surface area contributed by atoms with E-state index in [-0.39, 0.29) is 0 Å². The van der Waals surface area contributed by atoms with Crippen LogP contribution >= 0.6 is 58.5 Å². The van der Waals surface area contributed by atoms with E-state index < -0.39 is 13.6 Å². The lowest BCUT2D eigenvalue weighted by Crippen LogP contribution is -2.16. The van der Waals surface area contributed by atoms with Crippen LogP contribution in [0.1, 0.15) is 101 Å². The van der Waals surface area contributed by atoms with Crippen LogP contribution in [0.4, 0.5) is 11.4 Å². The SMILES string of the molecule is CC(C)c1cccc(C(C)C)c1N(/C=C/N(c1c(C(C)C)cccc1C(C)C)P(Cl)Cl)P(Cl)Cl. The Labute approximate surface area is 228 Å². The molecular formula is C26H36Cl4N2P2. The fourth-order valence-corrected chi connectivity index (χ4v) is 6.68. The molecule has 0 bridgehead atoms. The molecule has 2 rings (SSSR count). The van der Waals surface area contributed by atoms with Gasteiger partial charge in [-0.2, -0.15) is 0 Å². The Hall–Kier alpha value is -0.200. The van der Waals surface area contributed by atoms with E-state index in [4.69, 9.17) is 45.0 Å². The summed E-state index contributed by atoms with van der Waals surface area (Å²) >= 11 is 26.5. The van der Waals surface area contributed by atoms with Crippen molar-refractivity contribution in [1.82, 2.24) is 0 Å². The highest BCUT2D eigenvalue weighted by molar-refractivity contribution is 8.05. The summed E-state index contributed by atoms with van der Waals surface area (Å²) in [6, 6.07) is 12.8. The minimum atomic E-state index is -1.50. The molecule has 0 aromatic heterocycles. The van der Waals surface area contributed by atoms with Gasteiger partial charge in [0.2, 0.25) is 0 Å². The molecule has 188 valence electrons. The molecule has 34 heavy (non-hydrogen) atoms. The Morgan fingerprint density at radius 3 is 0.941 bits per heavy atom. The third kappa shape index (κ3) is 7.18. The van der Waals surface area contributed by atoms with E-state index in [0.717, 1.165) is 11.4 Å². The average molecular weight is 580 g/mol. The monoisotopic (exact) mass is 578 g/mol. The molecular weight excluding hydrogens is 544 g/mol. The molecule has 0 aliphatic rings. The standard InChI is InChI=1S/C26H36Cl4N2P2/c1-17(2)21-11-9-12-22(18(3)4)25(21)31(33(27)28)15-16-32(34(29)30)26-23(19(5)6)13-10-14-24(26)20(7)8/h9-20H,1-8H3/b16-15+. The molecule has 2 nitrogen and oxygen atoms in total. The summed E-state index contributed by atoms with van der Waals surface area (Å²) in [5.41, 5.74) is 6.96. The van der Waals surface area contributed by atoms with Gasteiger partial charge >= 0.3 is 0 Å². The predicted molar refractivity (Wildman–Crippen MR) is 161 cm³/mol. The van der Waals surface area contributed by atoms with E-state index >= 15 is 0 Å². The Balaban J connectivity index is 2.72. The number of benzene rings is 2. The number of hydrogen-bond acceptors (Lipinski definition) is 2. The van der Waals surface area contributed by atoms with Gasteiger partial charge in [-0.25, -0.2) is 0 Å². The second-order valence-electron chi connectivity index (χ2n) is 9.61. The van der Waals surface area contributed by atoms with E-state index in [1.165, 1.54) is 22.3 Å². The van der Waals surface area contributed by atoms with Gasteiger partial charge < -0.3 is 0 Å². The highest BCUT2D eigenvalue weighted by atomic mass is 35.9. The molecule has 0 unspecified atom stereocenters. The van der Waals surface area contributed by atoms with E-state index in [2.05, 4.69) is 91.8 Å². The Kier molecular flexibility index (Phi) is 11.8. The van der Waals surface area contributed by atoms with Crippen molar-refractivity contribution in [2.75, 3.05) is 9.34 Å². The zero-order valence-corrected chi connectivity index (χ0v) is 26.0. The van der Waals surface area contributed by atoms with Crippen LogP contribution in [0.5, 0.6) is 0 Å². The molecule has 0 spiro atoms. The highest BCUT2D eigenvalue weighted by Crippen LogP contribution is 2.58. The first-order chi connectivity index (χ1) is 15.9. The van der Waals surface area contributed by atoms with Crippen LogP contribution < -0.4 is 9.34 Å². The topological polar surface area (TPSA) is 6.48 Å². The van der Waals surface area contributed by atoms with E-state index in [1.54, 1.807) is 0 Å². The quantitative estimate of drug-likeness (QED) is 0.258. The highest BCUT2D eigenvalue weighted by Gasteiger charge is 2.25. The number of nitrogens with zero attached hydrogens (tertiary/aromatic N) is 2. The van der Waals surface area contributed by atoms with Gasteiger partial charge in [-0.3, -0.25) is 9.34 Å². The zero-order chi connectivity index (χ0) is 25.7. The maximum atomic E-state index is 6.63. The molecule has 0 saturated heterocycles. The summed E-state index contributed by atoms with van der Waals surface area (Å²) in [5, 5.41) is 0. The van der Waals surface area contributed by atoms with Gasteiger partial charge in [-0.05, 0) is 45.9 Å². The number of para-hydroxylation sites is 2. The molecule has 0 aliphatic carbocycles. The molecule has 0 radical (unpaired) electrons. The predicted octanol–water partition coefficient (Wildman–Crippen LogP) is 12.4. The summed E-state index contributed by atoms with van der Waals surface area (Å²) in [4.78, 5) is 0. The smallest absolute Gasteiger partial charge is 0.191 e. The van der Waals surface area contributed by atoms with Crippen LogP contribution in [0, 0.1) is 0 Å². The molecule has 0 heterocycles. The number of anilines is 2. The number of halogens is 4. The van der Waals surface area contributed by atoms with Crippen LogP contribution in [0.15, 0.2) is 48.8 Å². The van der Waals surface area contributed by atoms with Gasteiger partial charge in [-0.15, -0.1) is 0 Å². The van der Waals surface area contributed by atoms with Crippen LogP contribution in [0.2, 0.25) is 0 Å². The lowest BCUT2D eigenvalue weighted by Gasteiger charge is -2.32. The maximum absolute atomic E-state index is 6.63. The van der Waals surface area contributed by atoms with Crippen LogP contribution in [-0.2, 0) is 0 Å². The third-order valence-corrected chi connectivity index (χ3v) is 9.09. The molecule has 8 heteroatoms. The molecule has 2 aromatic rings. The largest absolute Gasteiger partial charge is 0.299 e. The fourth-order valence-electron chi connectivity index (χ4n) is 4.08. The van der Waals surface area contributed by atoms with Crippen LogP contribution in [0.3, 0.4) is 0 Å². The zero-order valence-electron chi connectivity index (χ0n) is 21.2. The van der Waals surface area contributed by atoms with Crippen molar-refractivity contribution in [3.63, 3.8) is 0 Å². The van der Waals surface area contributed by atoms with Gasteiger partial charge in [0.05, 0.1) is 11.4 Å². The van der Waals surface area contributed by atoms with Crippen molar-refractivity contribution < 1.29 is 0 Å². The number of rotatable bonds is 10. The van der Waals surface area contributed by atoms with Crippen molar-refractivity contribution in [2.24, 2.45) is 0 Å². The van der Waals surface area contributed by atoms with Crippen LogP contribution in [-0.4, -0.2) is 0 Å². The van der Waals surface area contributed by atoms with Crippen molar-refractivity contribution in [1.29, 1.82) is 0 Å². The van der Waals surface area contributed by atoms with Gasteiger partial charge in [0.25, 0.3) is 0 Å². The summed E-state index contributed by atoms with van der Waals surface area (Å²) in [6.45, 7) is 14.5. The first-order valence-corrected chi connectivity index (χ1v) is 17.8. The van der Waals surface area contributed by atoms with Crippen molar-refractivity contribution in [2.45, 2.75) is 79.1 Å². The van der Waals surface area contributed by atoms with Gasteiger partial charge in [-0.1, -0.05) is 137 Å². The second kappa shape index (κ2) is 13.4. The first kappa shape index (κ1) is 30.0. The van der Waals surface area contributed by atoms with E-state index in [0.29, 0.717) is 23.7 Å². The summed E-state index contributed by atoms with van der Waals surface area (Å²) in [7, 11) is 0. The second-order valence-corrected chi connectivity index (χ2v) is 16.2. The summed E-state index contributed by atoms with van der Waals surface area (Å²) in [6.07, 6.45) is 3.89. The minimum absolute atomic E-state index is 0.316. The summed E-state index contributed by atoms with van der Waals surface area (Å²) in [5.74, 6) is 1.26. The molecule has 0 N–H and O–H groups in total. The molecule has 0 atom stereocenters. The average Bonchev–Trinajstić information content (AvgIpc) is 2.75. The minimum Gasteiger partial charge on any atom is -0.299 e. The Morgan fingerprint density at radius 2 is 0.765 bits per heavy atom. The van der Waals surface area contributed by atoms with E-state index in [1.807, 2.05) is 21.7 Å². The van der Waals surface area contributed by atoms with E-state index in [9.17, 15) is 0 Å². The van der Waals surface area contributed by atoms with Gasteiger partial charge in [0.1, 0.15) is 0 Å². The third-order valence-electron chi connectivity index (χ3n) is 5.82. The van der Waals surface area contributed by atoms with Crippen molar-refractivity contribution >= 4 is 69.9 Å². The first-order valence-electron chi connectivity index (χ1n) is 11.6. The molecule has 0 amide bonds. The summed E-state index contributed by atoms with van der Waals surface area (Å²) < 4.78 is 3.96. The molecule has 0 saturated carbocycles. The van der Waals surface area contributed by atoms with Gasteiger partial charge in [0, 0.05) is 12.4 Å². The van der Waals surface area contributed by atoms with Crippen LogP contribution in [0.25, 0.3) is 0 Å². The Morgan fingerprint density at radius 1 is 0.529 bits per heavy atom. The molecule has 0 fully saturated rings. The van der Waals surface area contributed by atoms with Crippen molar-refractivity contribution in [3.8, 4) is 0 Å². The number of hydrogen-bond donors (Lipinski definition) is 0. The maximum Gasteiger partial charge on any atom is 0.191 e. The Bertz CT molecular complexity index is 845. The van der Waals surface area contributed by atoms with Crippen molar-refractivity contribution in [3.05, 3.63) is 71.1 Å². The normalized spacial score (nSPS) is 12.4. The van der Waals surface area contributed by atoms with Gasteiger partial charge in [0.15, 0.2) is 13.6 Å². The molecule has 0 aliphatic heterocycles. The lowest BCUT2D eigenvalue weighted by molar-refractivity contribution is 0.832.